The first-order valence-electron chi connectivity index (χ1n) is 12.9. The van der Waals surface area contributed by atoms with E-state index in [-0.39, 0.29) is 31.6 Å². The molecule has 0 aliphatic carbocycles. The van der Waals surface area contributed by atoms with Crippen LogP contribution in [0, 0.1) is 0 Å². The summed E-state index contributed by atoms with van der Waals surface area (Å²) >= 11 is 12.9. The van der Waals surface area contributed by atoms with Gasteiger partial charge in [0.25, 0.3) is 11.8 Å². The monoisotopic (exact) mass is 601 g/mol. The van der Waals surface area contributed by atoms with E-state index in [2.05, 4.69) is 5.48 Å². The second-order valence-electron chi connectivity index (χ2n) is 10.0. The van der Waals surface area contributed by atoms with Gasteiger partial charge in [0.15, 0.2) is 0 Å². The van der Waals surface area contributed by atoms with Crippen molar-refractivity contribution in [3.05, 3.63) is 105 Å². The van der Waals surface area contributed by atoms with E-state index in [1.54, 1.807) is 47.4 Å². The number of rotatable bonds is 7. The van der Waals surface area contributed by atoms with Gasteiger partial charge in [0.2, 0.25) is 10.0 Å². The first-order chi connectivity index (χ1) is 19.1. The van der Waals surface area contributed by atoms with Crippen molar-refractivity contribution in [2.75, 3.05) is 19.3 Å². The second-order valence-corrected chi connectivity index (χ2v) is 12.8. The number of hydrogen-bond acceptors (Lipinski definition) is 5. The molecule has 2 atom stereocenters. The van der Waals surface area contributed by atoms with Crippen LogP contribution in [0.25, 0.3) is 0 Å². The van der Waals surface area contributed by atoms with Crippen molar-refractivity contribution in [2.24, 2.45) is 0 Å². The maximum atomic E-state index is 14.1. The molecule has 8 nitrogen and oxygen atoms in total. The molecule has 11 heteroatoms. The highest BCUT2D eigenvalue weighted by atomic mass is 35.5. The second kappa shape index (κ2) is 11.9. The summed E-state index contributed by atoms with van der Waals surface area (Å²) in [6.07, 6.45) is 2.02. The highest BCUT2D eigenvalue weighted by Gasteiger charge is 2.48. The largest absolute Gasteiger partial charge is 0.327 e. The molecule has 1 N–H and O–H groups in total. The molecule has 2 amide bonds. The Hall–Kier alpha value is -2.95. The van der Waals surface area contributed by atoms with Crippen molar-refractivity contribution in [1.82, 2.24) is 14.7 Å². The van der Waals surface area contributed by atoms with Crippen LogP contribution < -0.4 is 5.48 Å². The van der Waals surface area contributed by atoms with E-state index in [1.807, 2.05) is 30.3 Å². The van der Waals surface area contributed by atoms with Crippen LogP contribution in [0.1, 0.15) is 51.8 Å². The topological polar surface area (TPSA) is 96.0 Å². The molecule has 0 saturated carbocycles. The Balaban J connectivity index is 1.54. The minimum absolute atomic E-state index is 0.167. The van der Waals surface area contributed by atoms with Gasteiger partial charge in [-0.05, 0) is 47.7 Å². The molecule has 2 aliphatic rings. The number of halogens is 2. The molecule has 2 aliphatic heterocycles. The number of carbonyl (C=O) groups is 2. The molecule has 0 radical (unpaired) electrons. The molecule has 0 bridgehead atoms. The van der Waals surface area contributed by atoms with Crippen molar-refractivity contribution >= 4 is 45.0 Å². The normalized spacial score (nSPS) is 20.3. The van der Waals surface area contributed by atoms with E-state index in [4.69, 9.17) is 28.0 Å². The van der Waals surface area contributed by atoms with Gasteiger partial charge in [0.05, 0.1) is 24.8 Å². The van der Waals surface area contributed by atoms with Crippen LogP contribution in [0.3, 0.4) is 0 Å². The highest BCUT2D eigenvalue weighted by molar-refractivity contribution is 7.88. The van der Waals surface area contributed by atoms with Gasteiger partial charge in [0.1, 0.15) is 0 Å². The minimum atomic E-state index is -3.36. The average molecular weight is 603 g/mol. The third-order valence-electron chi connectivity index (χ3n) is 7.48. The van der Waals surface area contributed by atoms with Gasteiger partial charge in [0, 0.05) is 34.7 Å². The maximum absolute atomic E-state index is 14.1. The Labute approximate surface area is 243 Å². The molecule has 3 aromatic carbocycles. The number of sulfonamides is 1. The van der Waals surface area contributed by atoms with Crippen LogP contribution in [0.4, 0.5) is 0 Å². The van der Waals surface area contributed by atoms with Gasteiger partial charge in [-0.3, -0.25) is 14.4 Å². The fourth-order valence-corrected chi connectivity index (χ4v) is 6.98. The zero-order chi connectivity index (χ0) is 28.4. The predicted molar refractivity (Wildman–Crippen MR) is 153 cm³/mol. The van der Waals surface area contributed by atoms with Crippen LogP contribution in [0.5, 0.6) is 0 Å². The lowest BCUT2D eigenvalue weighted by Gasteiger charge is -2.47. The summed E-state index contributed by atoms with van der Waals surface area (Å²) in [7, 11) is -3.36. The number of amides is 2. The van der Waals surface area contributed by atoms with Crippen molar-refractivity contribution in [3.8, 4) is 0 Å². The summed E-state index contributed by atoms with van der Waals surface area (Å²) in [5, 5.41) is 0.753. The summed E-state index contributed by atoms with van der Waals surface area (Å²) in [4.78, 5) is 35.3. The first kappa shape index (κ1) is 28.6. The number of benzene rings is 3. The van der Waals surface area contributed by atoms with Crippen molar-refractivity contribution in [3.63, 3.8) is 0 Å². The molecule has 0 aromatic heterocycles. The molecule has 2 heterocycles. The standard InChI is InChI=1S/C29H29Cl2N3O5S/c1-40(37,38)33-15-13-21(14-16-33)34-27(24-12-11-20(30)17-25(24)31)26(22-9-5-6-10-23(22)29(34)36)28(35)32-39-18-19-7-3-2-4-8-19/h2-12,17,21,26-27H,13-16,18H2,1H3,(H,32,35)/t26-,27+/m1/s1. The van der Waals surface area contributed by atoms with Crippen LogP contribution in [-0.2, 0) is 26.3 Å². The molecule has 1 saturated heterocycles. The van der Waals surface area contributed by atoms with Gasteiger partial charge in [-0.1, -0.05) is 77.8 Å². The Morgan fingerprint density at radius 2 is 1.65 bits per heavy atom. The molecule has 1 fully saturated rings. The lowest BCUT2D eigenvalue weighted by molar-refractivity contribution is -0.138. The fraction of sp³-hybridized carbons (Fsp3) is 0.310. The number of piperidine rings is 1. The van der Waals surface area contributed by atoms with Crippen LogP contribution in [0.2, 0.25) is 10.0 Å². The Bertz CT molecular complexity index is 1510. The summed E-state index contributed by atoms with van der Waals surface area (Å²) in [5.74, 6) is -1.51. The maximum Gasteiger partial charge on any atom is 0.254 e. The minimum Gasteiger partial charge on any atom is -0.327 e. The summed E-state index contributed by atoms with van der Waals surface area (Å²) < 4.78 is 25.7. The van der Waals surface area contributed by atoms with Gasteiger partial charge < -0.3 is 4.90 Å². The first-order valence-corrected chi connectivity index (χ1v) is 15.5. The third kappa shape index (κ3) is 5.89. The van der Waals surface area contributed by atoms with E-state index < -0.39 is 27.9 Å². The van der Waals surface area contributed by atoms with Crippen LogP contribution in [-0.4, -0.2) is 54.8 Å². The fourth-order valence-electron chi connectivity index (χ4n) is 5.59. The number of hydroxylamine groups is 1. The summed E-state index contributed by atoms with van der Waals surface area (Å²) in [6, 6.07) is 20.4. The number of nitrogens with zero attached hydrogens (tertiary/aromatic N) is 2. The van der Waals surface area contributed by atoms with Crippen LogP contribution >= 0.6 is 23.2 Å². The molecule has 40 heavy (non-hydrogen) atoms. The number of fused-ring (bicyclic) bond motifs is 1. The van der Waals surface area contributed by atoms with Crippen LogP contribution in [0.15, 0.2) is 72.8 Å². The van der Waals surface area contributed by atoms with Gasteiger partial charge in [-0.15, -0.1) is 0 Å². The van der Waals surface area contributed by atoms with Crippen molar-refractivity contribution in [2.45, 2.75) is 37.5 Å². The number of carbonyl (C=O) groups excluding carboxylic acids is 2. The quantitative estimate of drug-likeness (QED) is 0.387. The molecule has 5 rings (SSSR count). The van der Waals surface area contributed by atoms with E-state index in [1.165, 1.54) is 10.6 Å². The molecular formula is C29H29Cl2N3O5S. The smallest absolute Gasteiger partial charge is 0.254 e. The average Bonchev–Trinajstić information content (AvgIpc) is 2.93. The van der Waals surface area contributed by atoms with Crippen molar-refractivity contribution in [1.29, 1.82) is 0 Å². The van der Waals surface area contributed by atoms with E-state index in [0.29, 0.717) is 39.6 Å². The third-order valence-corrected chi connectivity index (χ3v) is 9.35. The Morgan fingerprint density at radius 3 is 2.33 bits per heavy atom. The molecule has 0 spiro atoms. The zero-order valence-corrected chi connectivity index (χ0v) is 24.1. The lowest BCUT2D eigenvalue weighted by Crippen LogP contribution is -2.54. The number of nitrogens with one attached hydrogen (secondary N) is 1. The lowest BCUT2D eigenvalue weighted by atomic mass is 9.78. The van der Waals surface area contributed by atoms with Gasteiger partial charge >= 0.3 is 0 Å². The predicted octanol–water partition coefficient (Wildman–Crippen LogP) is 4.95. The Morgan fingerprint density at radius 1 is 0.975 bits per heavy atom. The molecule has 0 unspecified atom stereocenters. The van der Waals surface area contributed by atoms with E-state index >= 15 is 0 Å². The summed E-state index contributed by atoms with van der Waals surface area (Å²) in [6.45, 7) is 0.708. The molecule has 3 aromatic rings. The molecule has 210 valence electrons. The molecular weight excluding hydrogens is 573 g/mol. The van der Waals surface area contributed by atoms with Gasteiger partial charge in [-0.2, -0.15) is 0 Å². The van der Waals surface area contributed by atoms with E-state index in [0.717, 1.165) is 5.56 Å². The van der Waals surface area contributed by atoms with Gasteiger partial charge in [-0.25, -0.2) is 18.2 Å². The number of hydrogen-bond donors (Lipinski definition) is 1. The van der Waals surface area contributed by atoms with E-state index in [9.17, 15) is 18.0 Å². The zero-order valence-electron chi connectivity index (χ0n) is 21.8. The van der Waals surface area contributed by atoms with Crippen molar-refractivity contribution < 1.29 is 22.8 Å². The Kier molecular flexibility index (Phi) is 8.49. The SMILES string of the molecule is CS(=O)(=O)N1CCC(N2C(=O)c3ccccc3[C@@H](C(=O)NOCc3ccccc3)[C@@H]2c2ccc(Cl)cc2Cl)CC1. The highest BCUT2D eigenvalue weighted by Crippen LogP contribution is 2.47. The summed E-state index contributed by atoms with van der Waals surface area (Å²) in [5.41, 5.74) is 5.04.